The van der Waals surface area contributed by atoms with Crippen molar-refractivity contribution in [3.05, 3.63) is 58.3 Å². The van der Waals surface area contributed by atoms with Crippen molar-refractivity contribution in [2.75, 3.05) is 10.6 Å². The van der Waals surface area contributed by atoms with Gasteiger partial charge in [-0.25, -0.2) is 0 Å². The second-order valence-corrected chi connectivity index (χ2v) is 6.33. The number of amides is 2. The number of carbonyl (C=O) groups excluding carboxylic acids is 2. The van der Waals surface area contributed by atoms with E-state index in [9.17, 15) is 9.59 Å². The molecule has 1 aromatic heterocycles. The number of fused-ring (bicyclic) bond motifs is 1. The fourth-order valence-electron chi connectivity index (χ4n) is 2.44. The highest BCUT2D eigenvalue weighted by Crippen LogP contribution is 2.28. The number of nitrogens with one attached hydrogen (secondary N) is 2. The molecule has 3 aromatic rings. The van der Waals surface area contributed by atoms with Crippen LogP contribution < -0.4 is 10.6 Å². The molecule has 24 heavy (non-hydrogen) atoms. The standard InChI is InChI=1S/C18H15BrN2O3/c1-10-15-9-12(19)3-8-16(15)24-17(10)18(23)21-14-6-4-13(5-7-14)20-11(2)22/h3-9H,1-2H3,(H,20,22)(H,21,23). The summed E-state index contributed by atoms with van der Waals surface area (Å²) in [7, 11) is 0. The summed E-state index contributed by atoms with van der Waals surface area (Å²) in [6.45, 7) is 3.30. The zero-order chi connectivity index (χ0) is 17.3. The number of carbonyl (C=O) groups is 2. The van der Waals surface area contributed by atoms with Gasteiger partial charge in [0.2, 0.25) is 5.91 Å². The molecule has 0 fully saturated rings. The molecule has 0 saturated carbocycles. The Bertz CT molecular complexity index is 929. The van der Waals surface area contributed by atoms with Crippen LogP contribution in [-0.4, -0.2) is 11.8 Å². The van der Waals surface area contributed by atoms with Crippen LogP contribution in [0.4, 0.5) is 11.4 Å². The van der Waals surface area contributed by atoms with Crippen LogP contribution in [0.25, 0.3) is 11.0 Å². The highest BCUT2D eigenvalue weighted by Gasteiger charge is 2.18. The van der Waals surface area contributed by atoms with E-state index in [4.69, 9.17) is 4.42 Å². The highest BCUT2D eigenvalue weighted by atomic mass is 79.9. The Morgan fingerprint density at radius 1 is 1.00 bits per heavy atom. The molecule has 6 heteroatoms. The molecule has 3 rings (SSSR count). The first-order chi connectivity index (χ1) is 11.4. The largest absolute Gasteiger partial charge is 0.451 e. The van der Waals surface area contributed by atoms with Crippen molar-refractivity contribution in [1.29, 1.82) is 0 Å². The van der Waals surface area contributed by atoms with Crippen LogP contribution >= 0.6 is 15.9 Å². The normalized spacial score (nSPS) is 10.6. The van der Waals surface area contributed by atoms with Crippen molar-refractivity contribution in [2.45, 2.75) is 13.8 Å². The van der Waals surface area contributed by atoms with Gasteiger partial charge in [0, 0.05) is 33.7 Å². The minimum Gasteiger partial charge on any atom is -0.451 e. The molecular formula is C18H15BrN2O3. The number of aryl methyl sites for hydroxylation is 1. The molecule has 0 atom stereocenters. The maximum atomic E-state index is 12.5. The Labute approximate surface area is 147 Å². The van der Waals surface area contributed by atoms with E-state index >= 15 is 0 Å². The van der Waals surface area contributed by atoms with E-state index in [0.29, 0.717) is 17.0 Å². The monoisotopic (exact) mass is 386 g/mol. The number of hydrogen-bond acceptors (Lipinski definition) is 3. The van der Waals surface area contributed by atoms with Gasteiger partial charge in [0.05, 0.1) is 0 Å². The molecule has 0 aliphatic heterocycles. The first-order valence-electron chi connectivity index (χ1n) is 7.31. The van der Waals surface area contributed by atoms with Crippen molar-refractivity contribution in [2.24, 2.45) is 0 Å². The van der Waals surface area contributed by atoms with Crippen LogP contribution in [-0.2, 0) is 4.79 Å². The number of anilines is 2. The van der Waals surface area contributed by atoms with E-state index in [2.05, 4.69) is 26.6 Å². The first-order valence-corrected chi connectivity index (χ1v) is 8.11. The SMILES string of the molecule is CC(=O)Nc1ccc(NC(=O)c2oc3ccc(Br)cc3c2C)cc1. The molecule has 0 spiro atoms. The summed E-state index contributed by atoms with van der Waals surface area (Å²) in [5, 5.41) is 6.37. The molecule has 2 aromatic carbocycles. The molecule has 0 aliphatic rings. The van der Waals surface area contributed by atoms with E-state index in [1.54, 1.807) is 24.3 Å². The molecule has 0 radical (unpaired) electrons. The topological polar surface area (TPSA) is 71.3 Å². The van der Waals surface area contributed by atoms with Gasteiger partial charge in [-0.3, -0.25) is 9.59 Å². The fourth-order valence-corrected chi connectivity index (χ4v) is 2.80. The third-order valence-corrected chi connectivity index (χ3v) is 4.06. The van der Waals surface area contributed by atoms with Gasteiger partial charge in [-0.1, -0.05) is 15.9 Å². The van der Waals surface area contributed by atoms with Gasteiger partial charge in [0.25, 0.3) is 5.91 Å². The summed E-state index contributed by atoms with van der Waals surface area (Å²) in [5.74, 6) is -0.169. The van der Waals surface area contributed by atoms with E-state index in [-0.39, 0.29) is 17.6 Å². The van der Waals surface area contributed by atoms with Gasteiger partial charge in [-0.05, 0) is 49.4 Å². The van der Waals surface area contributed by atoms with Crippen molar-refractivity contribution in [3.8, 4) is 0 Å². The van der Waals surface area contributed by atoms with Gasteiger partial charge >= 0.3 is 0 Å². The third-order valence-electron chi connectivity index (χ3n) is 3.57. The van der Waals surface area contributed by atoms with Crippen molar-refractivity contribution >= 4 is 50.1 Å². The molecule has 0 unspecified atom stereocenters. The van der Waals surface area contributed by atoms with Gasteiger partial charge in [0.15, 0.2) is 5.76 Å². The summed E-state index contributed by atoms with van der Waals surface area (Å²) in [6.07, 6.45) is 0. The van der Waals surface area contributed by atoms with Crippen LogP contribution in [0.15, 0.2) is 51.4 Å². The predicted octanol–water partition coefficient (Wildman–Crippen LogP) is 4.71. The van der Waals surface area contributed by atoms with Gasteiger partial charge < -0.3 is 15.1 Å². The van der Waals surface area contributed by atoms with Gasteiger partial charge in [-0.15, -0.1) is 0 Å². The number of halogens is 1. The molecule has 0 aliphatic carbocycles. The maximum absolute atomic E-state index is 12.5. The van der Waals surface area contributed by atoms with Gasteiger partial charge in [-0.2, -0.15) is 0 Å². The van der Waals surface area contributed by atoms with Crippen molar-refractivity contribution in [3.63, 3.8) is 0 Å². The molecule has 0 saturated heterocycles. The van der Waals surface area contributed by atoms with E-state index in [1.165, 1.54) is 6.92 Å². The summed E-state index contributed by atoms with van der Waals surface area (Å²) in [5.41, 5.74) is 2.75. The number of rotatable bonds is 3. The van der Waals surface area contributed by atoms with Crippen molar-refractivity contribution < 1.29 is 14.0 Å². The number of benzene rings is 2. The summed E-state index contributed by atoms with van der Waals surface area (Å²) < 4.78 is 6.60. The minimum atomic E-state index is -0.313. The lowest BCUT2D eigenvalue weighted by molar-refractivity contribution is -0.114. The van der Waals surface area contributed by atoms with Crippen molar-refractivity contribution in [1.82, 2.24) is 0 Å². The Balaban J connectivity index is 1.82. The lowest BCUT2D eigenvalue weighted by Gasteiger charge is -2.06. The van der Waals surface area contributed by atoms with Crippen LogP contribution in [0.1, 0.15) is 23.0 Å². The zero-order valence-corrected chi connectivity index (χ0v) is 14.7. The lowest BCUT2D eigenvalue weighted by Crippen LogP contribution is -2.12. The minimum absolute atomic E-state index is 0.143. The molecule has 5 nitrogen and oxygen atoms in total. The highest BCUT2D eigenvalue weighted by molar-refractivity contribution is 9.10. The summed E-state index contributed by atoms with van der Waals surface area (Å²) in [6, 6.07) is 12.5. The quantitative estimate of drug-likeness (QED) is 0.684. The molecular weight excluding hydrogens is 372 g/mol. The fraction of sp³-hybridized carbons (Fsp3) is 0.111. The Hall–Kier alpha value is -2.60. The van der Waals surface area contributed by atoms with Crippen LogP contribution in [0.2, 0.25) is 0 Å². The maximum Gasteiger partial charge on any atom is 0.291 e. The Morgan fingerprint density at radius 2 is 1.62 bits per heavy atom. The lowest BCUT2D eigenvalue weighted by atomic mass is 10.1. The van der Waals surface area contributed by atoms with Crippen LogP contribution in [0, 0.1) is 6.92 Å². The zero-order valence-electron chi connectivity index (χ0n) is 13.1. The van der Waals surface area contributed by atoms with E-state index in [1.807, 2.05) is 25.1 Å². The van der Waals surface area contributed by atoms with Gasteiger partial charge in [0.1, 0.15) is 5.58 Å². The Kier molecular flexibility index (Phi) is 4.40. The first kappa shape index (κ1) is 16.3. The van der Waals surface area contributed by atoms with Crippen LogP contribution in [0.5, 0.6) is 0 Å². The smallest absolute Gasteiger partial charge is 0.291 e. The molecule has 122 valence electrons. The molecule has 2 amide bonds. The Morgan fingerprint density at radius 3 is 2.25 bits per heavy atom. The summed E-state index contributed by atoms with van der Waals surface area (Å²) >= 11 is 3.42. The van der Waals surface area contributed by atoms with Crippen LogP contribution in [0.3, 0.4) is 0 Å². The number of furan rings is 1. The molecule has 1 heterocycles. The average molecular weight is 387 g/mol. The predicted molar refractivity (Wildman–Crippen MR) is 97.3 cm³/mol. The second-order valence-electron chi connectivity index (χ2n) is 5.41. The van der Waals surface area contributed by atoms with E-state index in [0.717, 1.165) is 15.4 Å². The molecule has 2 N–H and O–H groups in total. The number of hydrogen-bond donors (Lipinski definition) is 2. The summed E-state index contributed by atoms with van der Waals surface area (Å²) in [4.78, 5) is 23.5. The average Bonchev–Trinajstić information content (AvgIpc) is 2.86. The second kappa shape index (κ2) is 6.49. The van der Waals surface area contributed by atoms with E-state index < -0.39 is 0 Å². The molecule has 0 bridgehead atoms. The third kappa shape index (κ3) is 3.33.